The molecule has 1 atom stereocenters. The highest BCUT2D eigenvalue weighted by atomic mass is 16.5. The largest absolute Gasteiger partial charge is 0.448 e. The molecule has 1 aromatic heterocycles. The molecule has 0 aliphatic rings. The zero-order chi connectivity index (χ0) is 24.2. The zero-order valence-corrected chi connectivity index (χ0v) is 18.7. The maximum atomic E-state index is 13.5. The van der Waals surface area contributed by atoms with Crippen LogP contribution in [0.4, 0.5) is 0 Å². The maximum absolute atomic E-state index is 13.5. The summed E-state index contributed by atoms with van der Waals surface area (Å²) in [5.74, 6) is -1.45. The molecule has 35 heavy (non-hydrogen) atoms. The highest BCUT2D eigenvalue weighted by molar-refractivity contribution is 6.10. The van der Waals surface area contributed by atoms with E-state index in [1.54, 1.807) is 42.6 Å². The van der Waals surface area contributed by atoms with Crippen LogP contribution in [0.2, 0.25) is 0 Å². The number of hydrogen-bond acceptors (Lipinski definition) is 4. The molecule has 1 amide bonds. The van der Waals surface area contributed by atoms with Gasteiger partial charge in [0.25, 0.3) is 5.91 Å². The van der Waals surface area contributed by atoms with E-state index >= 15 is 0 Å². The highest BCUT2D eigenvalue weighted by Gasteiger charge is 2.28. The van der Waals surface area contributed by atoms with Crippen molar-refractivity contribution < 1.29 is 19.1 Å². The Kier molecular flexibility index (Phi) is 6.09. The van der Waals surface area contributed by atoms with E-state index in [2.05, 4.69) is 10.3 Å². The maximum Gasteiger partial charge on any atom is 0.326 e. The molecule has 5 rings (SSSR count). The van der Waals surface area contributed by atoms with Gasteiger partial charge < -0.3 is 15.0 Å². The fourth-order valence-electron chi connectivity index (χ4n) is 4.08. The summed E-state index contributed by atoms with van der Waals surface area (Å²) in [6.45, 7) is -0.365. The second kappa shape index (κ2) is 9.65. The fraction of sp³-hybridized carbons (Fsp3) is 0.0690. The van der Waals surface area contributed by atoms with E-state index < -0.39 is 18.0 Å². The molecular weight excluding hydrogens is 440 g/mol. The number of nitrogens with one attached hydrogen (secondary N) is 2. The lowest BCUT2D eigenvalue weighted by molar-refractivity contribution is -0.146. The molecule has 0 spiro atoms. The standard InChI is InChI=1S/C29H22N2O4/c32-26(18-31-29(34)22-15-14-19-8-4-5-11-21(19)16-22)35-28(20-9-2-1-3-10-20)27(33)24-17-30-25-13-7-6-12-23(24)25/h1-17,28,30H,18H2,(H,31,34)/t28-/m0/s1. The predicted octanol–water partition coefficient (Wildman–Crippen LogP) is 5.22. The summed E-state index contributed by atoms with van der Waals surface area (Å²) in [4.78, 5) is 41.9. The summed E-state index contributed by atoms with van der Waals surface area (Å²) >= 11 is 0. The Labute approximate surface area is 201 Å². The van der Waals surface area contributed by atoms with Gasteiger partial charge in [0.15, 0.2) is 6.10 Å². The van der Waals surface area contributed by atoms with Gasteiger partial charge in [-0.05, 0) is 29.0 Å². The Hall–Kier alpha value is -4.71. The second-order valence-electron chi connectivity index (χ2n) is 8.14. The third kappa shape index (κ3) is 4.68. The number of benzene rings is 4. The summed E-state index contributed by atoms with van der Waals surface area (Å²) in [5, 5.41) is 5.29. The second-order valence-corrected chi connectivity index (χ2v) is 8.14. The molecule has 0 radical (unpaired) electrons. The van der Waals surface area contributed by atoms with Gasteiger partial charge in [0.2, 0.25) is 5.78 Å². The van der Waals surface area contributed by atoms with Crippen LogP contribution in [0.25, 0.3) is 21.7 Å². The number of carbonyl (C=O) groups excluding carboxylic acids is 3. The number of ketones is 1. The van der Waals surface area contributed by atoms with Crippen molar-refractivity contribution in [2.24, 2.45) is 0 Å². The normalized spacial score (nSPS) is 11.8. The van der Waals surface area contributed by atoms with Gasteiger partial charge in [-0.25, -0.2) is 0 Å². The lowest BCUT2D eigenvalue weighted by Crippen LogP contribution is -2.32. The molecule has 0 saturated heterocycles. The third-order valence-corrected chi connectivity index (χ3v) is 5.85. The fourth-order valence-corrected chi connectivity index (χ4v) is 4.08. The van der Waals surface area contributed by atoms with E-state index in [-0.39, 0.29) is 12.3 Å². The first kappa shape index (κ1) is 22.1. The van der Waals surface area contributed by atoms with E-state index in [9.17, 15) is 14.4 Å². The molecule has 0 fully saturated rings. The number of Topliss-reactive ketones (excluding diaryl/α,β-unsaturated/α-hetero) is 1. The number of aromatic amines is 1. The van der Waals surface area contributed by atoms with Crippen LogP contribution in [-0.2, 0) is 9.53 Å². The van der Waals surface area contributed by atoms with Gasteiger partial charge in [-0.1, -0.05) is 78.9 Å². The minimum absolute atomic E-state index is 0.345. The molecule has 5 aromatic rings. The topological polar surface area (TPSA) is 88.3 Å². The van der Waals surface area contributed by atoms with E-state index in [0.29, 0.717) is 16.7 Å². The van der Waals surface area contributed by atoms with Crippen molar-refractivity contribution >= 4 is 39.3 Å². The highest BCUT2D eigenvalue weighted by Crippen LogP contribution is 2.27. The molecule has 6 nitrogen and oxygen atoms in total. The minimum Gasteiger partial charge on any atom is -0.448 e. The number of esters is 1. The zero-order valence-electron chi connectivity index (χ0n) is 18.7. The number of hydrogen-bond donors (Lipinski definition) is 2. The summed E-state index contributed by atoms with van der Waals surface area (Å²) in [7, 11) is 0. The van der Waals surface area contributed by atoms with E-state index in [1.165, 1.54) is 0 Å². The number of ether oxygens (including phenoxy) is 1. The molecule has 172 valence electrons. The molecule has 0 bridgehead atoms. The van der Waals surface area contributed by atoms with Crippen molar-refractivity contribution in [3.8, 4) is 0 Å². The smallest absolute Gasteiger partial charge is 0.326 e. The Bertz CT molecular complexity index is 1540. The molecule has 0 aliphatic heterocycles. The number of aromatic nitrogens is 1. The van der Waals surface area contributed by atoms with E-state index in [0.717, 1.165) is 21.7 Å². The van der Waals surface area contributed by atoms with Gasteiger partial charge in [0, 0.05) is 33.8 Å². The molecule has 0 unspecified atom stereocenters. The number of amides is 1. The van der Waals surface area contributed by atoms with Crippen LogP contribution in [-0.4, -0.2) is 29.2 Å². The molecule has 4 aromatic carbocycles. The van der Waals surface area contributed by atoms with Crippen LogP contribution >= 0.6 is 0 Å². The van der Waals surface area contributed by atoms with Crippen LogP contribution in [0.5, 0.6) is 0 Å². The quantitative estimate of drug-likeness (QED) is 0.256. The molecule has 2 N–H and O–H groups in total. The van der Waals surface area contributed by atoms with E-state index in [1.807, 2.05) is 60.7 Å². The van der Waals surface area contributed by atoms with Crippen LogP contribution in [0, 0.1) is 0 Å². The summed E-state index contributed by atoms with van der Waals surface area (Å²) < 4.78 is 5.61. The molecule has 1 heterocycles. The average molecular weight is 463 g/mol. The SMILES string of the molecule is O=C(CNC(=O)c1ccc2ccccc2c1)O[C@H](C(=O)c1c[nH]c2ccccc12)c1ccccc1. The minimum atomic E-state index is -1.14. The molecular formula is C29H22N2O4. The van der Waals surface area contributed by atoms with Gasteiger partial charge in [-0.15, -0.1) is 0 Å². The van der Waals surface area contributed by atoms with Crippen LogP contribution in [0.1, 0.15) is 32.4 Å². The summed E-state index contributed by atoms with van der Waals surface area (Å²) in [6.07, 6.45) is 0.485. The Morgan fingerprint density at radius 3 is 2.34 bits per heavy atom. The van der Waals surface area contributed by atoms with Crippen LogP contribution < -0.4 is 5.32 Å². The number of carbonyl (C=O) groups is 3. The number of fused-ring (bicyclic) bond motifs is 2. The molecule has 0 saturated carbocycles. The average Bonchev–Trinajstić information content (AvgIpc) is 3.34. The molecule has 6 heteroatoms. The van der Waals surface area contributed by atoms with Crippen molar-refractivity contribution in [2.45, 2.75) is 6.10 Å². The van der Waals surface area contributed by atoms with Crippen molar-refractivity contribution in [3.63, 3.8) is 0 Å². The summed E-state index contributed by atoms with van der Waals surface area (Å²) in [5.41, 5.74) is 2.24. The van der Waals surface area contributed by atoms with Crippen LogP contribution in [0.15, 0.2) is 103 Å². The number of rotatable bonds is 7. The van der Waals surface area contributed by atoms with E-state index in [4.69, 9.17) is 4.74 Å². The lowest BCUT2D eigenvalue weighted by atomic mass is 9.99. The first-order chi connectivity index (χ1) is 17.1. The van der Waals surface area contributed by atoms with Crippen molar-refractivity contribution in [1.29, 1.82) is 0 Å². The van der Waals surface area contributed by atoms with Gasteiger partial charge in [0.1, 0.15) is 6.54 Å². The third-order valence-electron chi connectivity index (χ3n) is 5.85. The Morgan fingerprint density at radius 1 is 0.800 bits per heavy atom. The Morgan fingerprint density at radius 2 is 1.51 bits per heavy atom. The molecule has 0 aliphatic carbocycles. The monoisotopic (exact) mass is 462 g/mol. The number of H-pyrrole nitrogens is 1. The van der Waals surface area contributed by atoms with Gasteiger partial charge in [0.05, 0.1) is 0 Å². The first-order valence-electron chi connectivity index (χ1n) is 11.2. The Balaban J connectivity index is 1.32. The van der Waals surface area contributed by atoms with Gasteiger partial charge >= 0.3 is 5.97 Å². The predicted molar refractivity (Wildman–Crippen MR) is 134 cm³/mol. The van der Waals surface area contributed by atoms with Crippen molar-refractivity contribution in [2.75, 3.05) is 6.54 Å². The summed E-state index contributed by atoms with van der Waals surface area (Å²) in [6, 6.07) is 29.3. The van der Waals surface area contributed by atoms with Crippen LogP contribution in [0.3, 0.4) is 0 Å². The van der Waals surface area contributed by atoms with Gasteiger partial charge in [-0.3, -0.25) is 14.4 Å². The number of para-hydroxylation sites is 1. The first-order valence-corrected chi connectivity index (χ1v) is 11.2. The van der Waals surface area contributed by atoms with Crippen molar-refractivity contribution in [3.05, 3.63) is 120 Å². The lowest BCUT2D eigenvalue weighted by Gasteiger charge is -2.17. The van der Waals surface area contributed by atoms with Crippen molar-refractivity contribution in [1.82, 2.24) is 10.3 Å². The van der Waals surface area contributed by atoms with Gasteiger partial charge in [-0.2, -0.15) is 0 Å².